The lowest BCUT2D eigenvalue weighted by atomic mass is 10.0. The molecule has 2 aliphatic heterocycles. The first-order valence-corrected chi connectivity index (χ1v) is 9.10. The van der Waals surface area contributed by atoms with Crippen LogP contribution in [0.15, 0.2) is 24.3 Å². The molecule has 0 radical (unpaired) electrons. The van der Waals surface area contributed by atoms with Gasteiger partial charge in [-0.3, -0.25) is 4.79 Å². The molecule has 0 saturated heterocycles. The average molecular weight is 358 g/mol. The summed E-state index contributed by atoms with van der Waals surface area (Å²) < 4.78 is 4.72. The Labute approximate surface area is 149 Å². The third-order valence-electron chi connectivity index (χ3n) is 4.80. The zero-order chi connectivity index (χ0) is 17.6. The minimum absolute atomic E-state index is 0.0205. The smallest absolute Gasteiger partial charge is 0.337 e. The van der Waals surface area contributed by atoms with Gasteiger partial charge < -0.3 is 20.3 Å². The number of ether oxygens (including phenoxy) is 1. The maximum Gasteiger partial charge on any atom is 0.337 e. The van der Waals surface area contributed by atoms with Crippen LogP contribution in [0.25, 0.3) is 0 Å². The van der Waals surface area contributed by atoms with Gasteiger partial charge >= 0.3 is 5.97 Å². The molecule has 25 heavy (non-hydrogen) atoms. The number of fused-ring (bicyclic) bond motifs is 3. The normalized spacial score (nSPS) is 21.6. The van der Waals surface area contributed by atoms with E-state index in [4.69, 9.17) is 4.74 Å². The fourth-order valence-corrected chi connectivity index (χ4v) is 4.82. The molecular formula is C18H20N3O3S+. The van der Waals surface area contributed by atoms with E-state index in [0.29, 0.717) is 5.56 Å². The Bertz CT molecular complexity index is 844. The van der Waals surface area contributed by atoms with Crippen molar-refractivity contribution in [1.82, 2.24) is 5.32 Å². The number of methoxy groups -OCH3 is 1. The number of rotatable bonds is 2. The topological polar surface area (TPSA) is 71.9 Å². The Morgan fingerprint density at radius 2 is 2.04 bits per heavy atom. The minimum atomic E-state index is -0.368. The summed E-state index contributed by atoms with van der Waals surface area (Å²) in [4.78, 5) is 27.0. The summed E-state index contributed by atoms with van der Waals surface area (Å²) in [6.45, 7) is 2.03. The number of likely N-dealkylation sites (N-methyl/N-ethyl adjacent to an activating group) is 1. The molecule has 0 bridgehead atoms. The first-order valence-electron chi connectivity index (χ1n) is 8.28. The van der Waals surface area contributed by atoms with E-state index >= 15 is 0 Å². The number of hydrogen-bond acceptors (Lipinski definition) is 5. The molecular weight excluding hydrogens is 338 g/mol. The molecule has 4 rings (SSSR count). The first kappa shape index (κ1) is 16.1. The maximum atomic E-state index is 12.7. The summed E-state index contributed by atoms with van der Waals surface area (Å²) in [6.07, 6.45) is 0.650. The van der Waals surface area contributed by atoms with Gasteiger partial charge in [-0.15, -0.1) is 11.3 Å². The van der Waals surface area contributed by atoms with Crippen molar-refractivity contribution in [2.24, 2.45) is 0 Å². The lowest BCUT2D eigenvalue weighted by molar-refractivity contribution is -0.895. The van der Waals surface area contributed by atoms with Crippen LogP contribution >= 0.6 is 11.3 Å². The Morgan fingerprint density at radius 3 is 2.76 bits per heavy atom. The van der Waals surface area contributed by atoms with Crippen molar-refractivity contribution in [2.45, 2.75) is 19.1 Å². The Kier molecular flexibility index (Phi) is 3.97. The van der Waals surface area contributed by atoms with Gasteiger partial charge in [0.1, 0.15) is 17.7 Å². The molecule has 0 fully saturated rings. The van der Waals surface area contributed by atoms with Crippen molar-refractivity contribution in [3.05, 3.63) is 51.4 Å². The maximum absolute atomic E-state index is 12.7. The van der Waals surface area contributed by atoms with Crippen LogP contribution < -0.4 is 15.5 Å². The Balaban J connectivity index is 1.61. The first-order chi connectivity index (χ1) is 12.1. The van der Waals surface area contributed by atoms with E-state index in [9.17, 15) is 9.59 Å². The molecule has 6 nitrogen and oxygen atoms in total. The average Bonchev–Trinajstić information content (AvgIpc) is 2.98. The second-order valence-corrected chi connectivity index (χ2v) is 7.61. The lowest BCUT2D eigenvalue weighted by Gasteiger charge is -2.27. The Morgan fingerprint density at radius 1 is 1.28 bits per heavy atom. The number of benzene rings is 1. The Hall–Kier alpha value is -2.38. The van der Waals surface area contributed by atoms with Crippen LogP contribution in [-0.4, -0.2) is 32.6 Å². The standard InChI is InChI=1S/C18H19N3O3S/c1-21-8-7-12-13(9-21)25-17-14(12)16(22)19-15(20-17)10-3-5-11(6-4-10)18(23)24-2/h3-6,15,20H,7-9H2,1-2H3,(H,19,22)/p+1/t15-/m1/s1. The molecule has 0 aliphatic carbocycles. The minimum Gasteiger partial charge on any atom is -0.465 e. The van der Waals surface area contributed by atoms with E-state index in [2.05, 4.69) is 17.7 Å². The zero-order valence-electron chi connectivity index (χ0n) is 14.1. The monoisotopic (exact) mass is 358 g/mol. The number of thiophene rings is 1. The van der Waals surface area contributed by atoms with Crippen LogP contribution in [0, 0.1) is 0 Å². The molecule has 1 amide bonds. The summed E-state index contributed by atoms with van der Waals surface area (Å²) in [5, 5.41) is 7.42. The van der Waals surface area contributed by atoms with Gasteiger partial charge in [0.2, 0.25) is 0 Å². The van der Waals surface area contributed by atoms with Gasteiger partial charge in [0.25, 0.3) is 5.91 Å². The molecule has 2 atom stereocenters. The van der Waals surface area contributed by atoms with Gasteiger partial charge in [-0.05, 0) is 23.3 Å². The summed E-state index contributed by atoms with van der Waals surface area (Å²) >= 11 is 1.69. The second kappa shape index (κ2) is 6.16. The highest BCUT2D eigenvalue weighted by molar-refractivity contribution is 7.16. The largest absolute Gasteiger partial charge is 0.465 e. The lowest BCUT2D eigenvalue weighted by Crippen LogP contribution is -3.08. The molecule has 2 aliphatic rings. The second-order valence-electron chi connectivity index (χ2n) is 6.51. The zero-order valence-corrected chi connectivity index (χ0v) is 15.0. The molecule has 0 spiro atoms. The van der Waals surface area contributed by atoms with E-state index in [1.165, 1.54) is 22.5 Å². The van der Waals surface area contributed by atoms with E-state index < -0.39 is 0 Å². The highest BCUT2D eigenvalue weighted by atomic mass is 32.1. The number of esters is 1. The van der Waals surface area contributed by atoms with Crippen LogP contribution in [0.5, 0.6) is 0 Å². The van der Waals surface area contributed by atoms with Gasteiger partial charge in [-0.25, -0.2) is 4.79 Å². The number of amides is 1. The number of carbonyl (C=O) groups excluding carboxylic acids is 2. The van der Waals surface area contributed by atoms with Gasteiger partial charge in [-0.1, -0.05) is 12.1 Å². The van der Waals surface area contributed by atoms with Crippen LogP contribution in [0.2, 0.25) is 0 Å². The van der Waals surface area contributed by atoms with Crippen LogP contribution in [0.1, 0.15) is 42.9 Å². The molecule has 3 N–H and O–H groups in total. The molecule has 1 aromatic carbocycles. The summed E-state index contributed by atoms with van der Waals surface area (Å²) in [5.74, 6) is -0.389. The van der Waals surface area contributed by atoms with Gasteiger partial charge in [0, 0.05) is 6.42 Å². The predicted octanol–water partition coefficient (Wildman–Crippen LogP) is 0.960. The highest BCUT2D eigenvalue weighted by Gasteiger charge is 2.33. The quantitative estimate of drug-likeness (QED) is 0.700. The molecule has 130 valence electrons. The molecule has 3 heterocycles. The van der Waals surface area contributed by atoms with Crippen molar-refractivity contribution in [1.29, 1.82) is 0 Å². The van der Waals surface area contributed by atoms with E-state index in [1.54, 1.807) is 23.5 Å². The third-order valence-corrected chi connectivity index (χ3v) is 5.96. The van der Waals surface area contributed by atoms with Crippen LogP contribution in [-0.2, 0) is 17.7 Å². The van der Waals surface area contributed by atoms with Crippen LogP contribution in [0.3, 0.4) is 0 Å². The van der Waals surface area contributed by atoms with E-state index in [1.807, 2.05) is 12.1 Å². The van der Waals surface area contributed by atoms with Crippen molar-refractivity contribution >= 4 is 28.2 Å². The van der Waals surface area contributed by atoms with Crippen molar-refractivity contribution in [3.63, 3.8) is 0 Å². The van der Waals surface area contributed by atoms with E-state index in [-0.39, 0.29) is 18.0 Å². The van der Waals surface area contributed by atoms with Crippen LogP contribution in [0.4, 0.5) is 5.00 Å². The fraction of sp³-hybridized carbons (Fsp3) is 0.333. The number of carbonyl (C=O) groups is 2. The molecule has 0 saturated carbocycles. The summed E-state index contributed by atoms with van der Waals surface area (Å²) in [7, 11) is 3.54. The molecule has 1 unspecified atom stereocenters. The SMILES string of the molecule is COC(=O)c1ccc([C@@H]2NC(=O)c3c(sc4c3CC[NH+](C)C4)N2)cc1. The number of hydrogen-bond donors (Lipinski definition) is 3. The fourth-order valence-electron chi connectivity index (χ4n) is 3.43. The van der Waals surface area contributed by atoms with E-state index in [0.717, 1.165) is 35.6 Å². The number of nitrogens with one attached hydrogen (secondary N) is 3. The number of anilines is 1. The predicted molar refractivity (Wildman–Crippen MR) is 95.1 cm³/mol. The molecule has 1 aromatic heterocycles. The van der Waals surface area contributed by atoms with Crippen molar-refractivity contribution in [3.8, 4) is 0 Å². The van der Waals surface area contributed by atoms with Gasteiger partial charge in [0.05, 0.1) is 36.7 Å². The van der Waals surface area contributed by atoms with Gasteiger partial charge in [0.15, 0.2) is 0 Å². The molecule has 2 aromatic rings. The number of quaternary nitrogens is 1. The summed E-state index contributed by atoms with van der Waals surface area (Å²) in [6, 6.07) is 7.09. The van der Waals surface area contributed by atoms with Gasteiger partial charge in [-0.2, -0.15) is 0 Å². The molecule has 7 heteroatoms. The van der Waals surface area contributed by atoms with Crippen molar-refractivity contribution < 1.29 is 19.2 Å². The highest BCUT2D eigenvalue weighted by Crippen LogP contribution is 2.38. The van der Waals surface area contributed by atoms with Crippen molar-refractivity contribution in [2.75, 3.05) is 26.0 Å². The third kappa shape index (κ3) is 2.79. The summed E-state index contributed by atoms with van der Waals surface area (Å²) in [5.41, 5.74) is 3.41.